The van der Waals surface area contributed by atoms with Crippen LogP contribution in [0.25, 0.3) is 0 Å². The molecule has 1 fully saturated rings. The maximum absolute atomic E-state index is 13.1. The van der Waals surface area contributed by atoms with Gasteiger partial charge in [-0.05, 0) is 44.4 Å². The summed E-state index contributed by atoms with van der Waals surface area (Å²) in [6.45, 7) is 2.63. The fourth-order valence-electron chi connectivity index (χ4n) is 2.56. The first-order chi connectivity index (χ1) is 9.19. The molecule has 3 nitrogen and oxygen atoms in total. The van der Waals surface area contributed by atoms with Crippen molar-refractivity contribution in [3.05, 3.63) is 23.8 Å². The predicted octanol–water partition coefficient (Wildman–Crippen LogP) is 3.03. The molecule has 3 N–H and O–H groups in total. The molecular formula is C14H19F3N2O. The van der Waals surface area contributed by atoms with Gasteiger partial charge in [0, 0.05) is 24.5 Å². The Balaban J connectivity index is 2.33. The summed E-state index contributed by atoms with van der Waals surface area (Å²) >= 11 is 0. The average Bonchev–Trinajstić information content (AvgIpc) is 2.49. The number of aliphatic hydroxyl groups is 1. The predicted molar refractivity (Wildman–Crippen MR) is 72.5 cm³/mol. The topological polar surface area (TPSA) is 49.5 Å². The fourth-order valence-corrected chi connectivity index (χ4v) is 2.56. The van der Waals surface area contributed by atoms with Crippen molar-refractivity contribution in [1.82, 2.24) is 0 Å². The Morgan fingerprint density at radius 3 is 2.60 bits per heavy atom. The van der Waals surface area contributed by atoms with Gasteiger partial charge in [-0.1, -0.05) is 0 Å². The summed E-state index contributed by atoms with van der Waals surface area (Å²) in [7, 11) is 0. The van der Waals surface area contributed by atoms with E-state index in [2.05, 4.69) is 0 Å². The summed E-state index contributed by atoms with van der Waals surface area (Å²) in [5.41, 5.74) is 4.20. The van der Waals surface area contributed by atoms with E-state index in [0.717, 1.165) is 6.07 Å². The molecule has 0 aliphatic carbocycles. The van der Waals surface area contributed by atoms with Crippen LogP contribution < -0.4 is 10.6 Å². The van der Waals surface area contributed by atoms with E-state index in [0.29, 0.717) is 32.4 Å². The summed E-state index contributed by atoms with van der Waals surface area (Å²) in [4.78, 5) is 1.68. The minimum atomic E-state index is -4.43. The summed E-state index contributed by atoms with van der Waals surface area (Å²) < 4.78 is 39.3. The molecule has 0 saturated carbocycles. The van der Waals surface area contributed by atoms with Crippen LogP contribution in [0.4, 0.5) is 24.5 Å². The van der Waals surface area contributed by atoms with E-state index < -0.39 is 17.3 Å². The van der Waals surface area contributed by atoms with Crippen LogP contribution in [0.3, 0.4) is 0 Å². The smallest absolute Gasteiger partial charge is 0.399 e. The molecule has 1 aromatic carbocycles. The number of nitrogen functional groups attached to an aromatic ring is 1. The number of alkyl halides is 3. The van der Waals surface area contributed by atoms with Crippen molar-refractivity contribution in [2.45, 2.75) is 38.0 Å². The zero-order valence-corrected chi connectivity index (χ0v) is 11.4. The van der Waals surface area contributed by atoms with E-state index in [1.807, 2.05) is 0 Å². The third-order valence-electron chi connectivity index (χ3n) is 3.73. The molecule has 0 amide bonds. The molecule has 0 radical (unpaired) electrons. The van der Waals surface area contributed by atoms with Gasteiger partial charge in [0.05, 0.1) is 11.2 Å². The van der Waals surface area contributed by atoms with Crippen LogP contribution in [0.2, 0.25) is 0 Å². The molecule has 0 bridgehead atoms. The van der Waals surface area contributed by atoms with Crippen LogP contribution in [0.15, 0.2) is 18.2 Å². The monoisotopic (exact) mass is 288 g/mol. The Hall–Kier alpha value is -1.43. The Kier molecular flexibility index (Phi) is 3.86. The third kappa shape index (κ3) is 3.36. The summed E-state index contributed by atoms with van der Waals surface area (Å²) in [5, 5.41) is 10.0. The Morgan fingerprint density at radius 2 is 1.95 bits per heavy atom. The molecule has 1 atom stereocenters. The third-order valence-corrected chi connectivity index (χ3v) is 3.73. The molecular weight excluding hydrogens is 269 g/mol. The van der Waals surface area contributed by atoms with Crippen molar-refractivity contribution >= 4 is 11.4 Å². The number of nitrogens with two attached hydrogens (primary N) is 1. The van der Waals surface area contributed by atoms with Gasteiger partial charge in [-0.15, -0.1) is 0 Å². The minimum absolute atomic E-state index is 0.0999. The van der Waals surface area contributed by atoms with Crippen molar-refractivity contribution in [1.29, 1.82) is 0 Å². The Morgan fingerprint density at radius 1 is 1.25 bits per heavy atom. The lowest BCUT2D eigenvalue weighted by Crippen LogP contribution is -2.29. The lowest BCUT2D eigenvalue weighted by molar-refractivity contribution is -0.137. The maximum atomic E-state index is 13.1. The molecule has 1 aliphatic heterocycles. The summed E-state index contributed by atoms with van der Waals surface area (Å²) in [6.07, 6.45) is -2.72. The molecule has 0 spiro atoms. The van der Waals surface area contributed by atoms with Crippen LogP contribution in [-0.2, 0) is 6.18 Å². The van der Waals surface area contributed by atoms with Gasteiger partial charge in [-0.3, -0.25) is 0 Å². The van der Waals surface area contributed by atoms with E-state index in [9.17, 15) is 18.3 Å². The van der Waals surface area contributed by atoms with Crippen molar-refractivity contribution in [2.75, 3.05) is 23.7 Å². The number of halogens is 3. The van der Waals surface area contributed by atoms with Gasteiger partial charge < -0.3 is 15.7 Å². The van der Waals surface area contributed by atoms with Gasteiger partial charge in [-0.2, -0.15) is 13.2 Å². The molecule has 1 heterocycles. The standard InChI is InChI=1S/C14H19F3N2O/c1-13(20)5-2-7-19(8-6-13)12-4-3-10(18)9-11(12)14(15,16)17/h3-4,9,20H,2,5-8,18H2,1H3. The van der Waals surface area contributed by atoms with Crippen LogP contribution in [0, 0.1) is 0 Å². The molecule has 1 unspecified atom stereocenters. The van der Waals surface area contributed by atoms with Gasteiger partial charge in [0.1, 0.15) is 0 Å². The zero-order valence-electron chi connectivity index (χ0n) is 11.4. The van der Waals surface area contributed by atoms with E-state index in [4.69, 9.17) is 5.73 Å². The van der Waals surface area contributed by atoms with Gasteiger partial charge >= 0.3 is 6.18 Å². The van der Waals surface area contributed by atoms with Gasteiger partial charge in [0.15, 0.2) is 0 Å². The normalized spacial score (nSPS) is 24.6. The molecule has 1 aromatic rings. The largest absolute Gasteiger partial charge is 0.418 e. The van der Waals surface area contributed by atoms with Crippen molar-refractivity contribution in [3.63, 3.8) is 0 Å². The van der Waals surface area contributed by atoms with E-state index in [-0.39, 0.29) is 11.4 Å². The first kappa shape index (κ1) is 15.0. The number of benzene rings is 1. The number of nitrogens with zero attached hydrogens (tertiary/aromatic N) is 1. The molecule has 1 aliphatic rings. The highest BCUT2D eigenvalue weighted by Gasteiger charge is 2.36. The molecule has 1 saturated heterocycles. The minimum Gasteiger partial charge on any atom is -0.399 e. The van der Waals surface area contributed by atoms with Gasteiger partial charge in [0.2, 0.25) is 0 Å². The van der Waals surface area contributed by atoms with Crippen molar-refractivity contribution in [3.8, 4) is 0 Å². The fraction of sp³-hybridized carbons (Fsp3) is 0.571. The van der Waals surface area contributed by atoms with E-state index in [1.165, 1.54) is 12.1 Å². The van der Waals surface area contributed by atoms with Crippen molar-refractivity contribution in [2.24, 2.45) is 0 Å². The van der Waals surface area contributed by atoms with Gasteiger partial charge in [0.25, 0.3) is 0 Å². The lowest BCUT2D eigenvalue weighted by Gasteiger charge is -2.27. The van der Waals surface area contributed by atoms with Crippen molar-refractivity contribution < 1.29 is 18.3 Å². The SMILES string of the molecule is CC1(O)CCCN(c2ccc(N)cc2C(F)(F)F)CC1. The molecule has 112 valence electrons. The number of rotatable bonds is 1. The zero-order chi connectivity index (χ0) is 15.0. The number of anilines is 2. The van der Waals surface area contributed by atoms with Gasteiger partial charge in [-0.25, -0.2) is 0 Å². The average molecular weight is 288 g/mol. The maximum Gasteiger partial charge on any atom is 0.418 e. The highest BCUT2D eigenvalue weighted by atomic mass is 19.4. The van der Waals surface area contributed by atoms with E-state index in [1.54, 1.807) is 11.8 Å². The van der Waals surface area contributed by atoms with Crippen LogP contribution in [-0.4, -0.2) is 23.8 Å². The second-order valence-corrected chi connectivity index (χ2v) is 5.61. The van der Waals surface area contributed by atoms with E-state index >= 15 is 0 Å². The van der Waals surface area contributed by atoms with Crippen LogP contribution >= 0.6 is 0 Å². The highest BCUT2D eigenvalue weighted by molar-refractivity contribution is 5.61. The molecule has 2 rings (SSSR count). The van der Waals surface area contributed by atoms with Crippen LogP contribution in [0.5, 0.6) is 0 Å². The number of hydrogen-bond acceptors (Lipinski definition) is 3. The quantitative estimate of drug-likeness (QED) is 0.781. The lowest BCUT2D eigenvalue weighted by atomic mass is 9.98. The first-order valence-electron chi connectivity index (χ1n) is 6.63. The number of hydrogen-bond donors (Lipinski definition) is 2. The Bertz CT molecular complexity index is 486. The van der Waals surface area contributed by atoms with Crippen LogP contribution in [0.1, 0.15) is 31.7 Å². The Labute approximate surface area is 116 Å². The molecule has 20 heavy (non-hydrogen) atoms. The molecule has 0 aromatic heterocycles. The molecule has 6 heteroatoms. The summed E-state index contributed by atoms with van der Waals surface area (Å²) in [5.74, 6) is 0. The first-order valence-corrected chi connectivity index (χ1v) is 6.63. The summed E-state index contributed by atoms with van der Waals surface area (Å²) in [6, 6.07) is 3.87. The second-order valence-electron chi connectivity index (χ2n) is 5.61. The second kappa shape index (κ2) is 5.16. The highest BCUT2D eigenvalue weighted by Crippen LogP contribution is 2.39.